The average molecular weight is 434 g/mol. The fourth-order valence-electron chi connectivity index (χ4n) is 3.91. The van der Waals surface area contributed by atoms with E-state index < -0.39 is 14.9 Å². The molecule has 8 nitrogen and oxygen atoms in total. The third kappa shape index (κ3) is 4.63. The molecule has 0 radical (unpaired) electrons. The lowest BCUT2D eigenvalue weighted by Crippen LogP contribution is -2.35. The van der Waals surface area contributed by atoms with Gasteiger partial charge in [0.05, 0.1) is 15.9 Å². The topological polar surface area (TPSA) is 104 Å². The molecule has 1 fully saturated rings. The maximum absolute atomic E-state index is 13.0. The maximum Gasteiger partial charge on any atom is 0.293 e. The van der Waals surface area contributed by atoms with Gasteiger partial charge in [-0.1, -0.05) is 36.8 Å². The average Bonchev–Trinajstić information content (AvgIpc) is 2.77. The van der Waals surface area contributed by atoms with Crippen LogP contribution in [0.5, 0.6) is 0 Å². The van der Waals surface area contributed by atoms with Gasteiger partial charge in [-0.05, 0) is 37.0 Å². The molecule has 1 N–H and O–H groups in total. The molecule has 0 amide bonds. The highest BCUT2D eigenvalue weighted by molar-refractivity contribution is 7.89. The van der Waals surface area contributed by atoms with Crippen molar-refractivity contribution in [2.75, 3.05) is 31.6 Å². The maximum atomic E-state index is 13.0. The molecule has 2 aromatic carbocycles. The smallest absolute Gasteiger partial charge is 0.293 e. The molecule has 0 saturated carbocycles. The first-order valence-corrected chi connectivity index (χ1v) is 11.5. The second-order valence-corrected chi connectivity index (χ2v) is 9.36. The van der Waals surface area contributed by atoms with Gasteiger partial charge in [-0.25, -0.2) is 8.42 Å². The monoisotopic (exact) mass is 433 g/mol. The Morgan fingerprint density at radius 3 is 2.40 bits per heavy atom. The molecule has 162 valence electrons. The van der Waals surface area contributed by atoms with Gasteiger partial charge in [0.25, 0.3) is 5.69 Å². The number of sulfonamides is 1. The second kappa shape index (κ2) is 9.55. The van der Waals surface area contributed by atoms with Gasteiger partial charge in [0, 0.05) is 32.8 Å². The highest BCUT2D eigenvalue weighted by atomic mass is 32.2. The molecule has 2 aromatic rings. The van der Waals surface area contributed by atoms with Crippen LogP contribution < -0.4 is 4.90 Å². The summed E-state index contributed by atoms with van der Waals surface area (Å²) in [6.07, 6.45) is 2.96. The summed E-state index contributed by atoms with van der Waals surface area (Å²) in [6.45, 7) is 0.786. The van der Waals surface area contributed by atoms with E-state index in [2.05, 4.69) is 0 Å². The number of aliphatic hydroxyl groups is 1. The summed E-state index contributed by atoms with van der Waals surface area (Å²) in [5.74, 6) is 0. The zero-order valence-corrected chi connectivity index (χ0v) is 17.8. The van der Waals surface area contributed by atoms with Crippen LogP contribution in [-0.2, 0) is 10.0 Å². The number of rotatable bonds is 8. The summed E-state index contributed by atoms with van der Waals surface area (Å²) >= 11 is 0. The van der Waals surface area contributed by atoms with E-state index in [9.17, 15) is 23.6 Å². The largest absolute Gasteiger partial charge is 0.396 e. The van der Waals surface area contributed by atoms with Crippen molar-refractivity contribution in [3.63, 3.8) is 0 Å². The zero-order chi connectivity index (χ0) is 21.7. The molecule has 0 spiro atoms. The lowest BCUT2D eigenvalue weighted by molar-refractivity contribution is -0.384. The molecule has 30 heavy (non-hydrogen) atoms. The van der Waals surface area contributed by atoms with Crippen molar-refractivity contribution in [1.29, 1.82) is 0 Å². The van der Waals surface area contributed by atoms with E-state index in [4.69, 9.17) is 0 Å². The Labute approximate surface area is 176 Å². The summed E-state index contributed by atoms with van der Waals surface area (Å²) in [7, 11) is -2.06. The first-order valence-electron chi connectivity index (χ1n) is 10.0. The Morgan fingerprint density at radius 1 is 1.13 bits per heavy atom. The Kier molecular flexibility index (Phi) is 7.06. The number of benzene rings is 2. The van der Waals surface area contributed by atoms with Crippen LogP contribution in [-0.4, -0.2) is 49.5 Å². The van der Waals surface area contributed by atoms with Crippen molar-refractivity contribution < 1.29 is 18.4 Å². The third-order valence-corrected chi connectivity index (χ3v) is 7.43. The molecule has 1 aliphatic heterocycles. The quantitative estimate of drug-likeness (QED) is 0.506. The lowest BCUT2D eigenvalue weighted by Gasteiger charge is -2.30. The van der Waals surface area contributed by atoms with Crippen LogP contribution >= 0.6 is 0 Å². The van der Waals surface area contributed by atoms with Crippen molar-refractivity contribution >= 4 is 21.4 Å². The van der Waals surface area contributed by atoms with Gasteiger partial charge < -0.3 is 10.0 Å². The van der Waals surface area contributed by atoms with Crippen LogP contribution in [0.3, 0.4) is 0 Å². The van der Waals surface area contributed by atoms with Gasteiger partial charge in [0.2, 0.25) is 10.0 Å². The van der Waals surface area contributed by atoms with Crippen molar-refractivity contribution in [3.05, 3.63) is 64.2 Å². The Morgan fingerprint density at radius 2 is 1.80 bits per heavy atom. The first-order chi connectivity index (χ1) is 14.4. The molecular weight excluding hydrogens is 406 g/mol. The fraction of sp³-hybridized carbons (Fsp3) is 0.429. The number of anilines is 1. The summed E-state index contributed by atoms with van der Waals surface area (Å²) in [5.41, 5.74) is 0.947. The Hall–Kier alpha value is -2.49. The highest BCUT2D eigenvalue weighted by Crippen LogP contribution is 2.36. The van der Waals surface area contributed by atoms with E-state index in [0.29, 0.717) is 25.2 Å². The molecule has 1 atom stereocenters. The van der Waals surface area contributed by atoms with E-state index >= 15 is 0 Å². The predicted molar refractivity (Wildman–Crippen MR) is 115 cm³/mol. The van der Waals surface area contributed by atoms with Gasteiger partial charge in [-0.3, -0.25) is 10.1 Å². The van der Waals surface area contributed by atoms with Crippen LogP contribution in [0.15, 0.2) is 53.4 Å². The molecule has 1 saturated heterocycles. The number of hydrogen-bond acceptors (Lipinski definition) is 6. The van der Waals surface area contributed by atoms with Crippen molar-refractivity contribution in [2.24, 2.45) is 0 Å². The number of nitro benzene ring substituents is 1. The van der Waals surface area contributed by atoms with Gasteiger partial charge in [0.15, 0.2) is 0 Å². The van der Waals surface area contributed by atoms with Gasteiger partial charge in [0.1, 0.15) is 5.69 Å². The Balaban J connectivity index is 1.99. The predicted octanol–water partition coefficient (Wildman–Crippen LogP) is 3.33. The van der Waals surface area contributed by atoms with Crippen LogP contribution in [0.25, 0.3) is 0 Å². The van der Waals surface area contributed by atoms with Crippen LogP contribution in [0.4, 0.5) is 11.4 Å². The molecular formula is C21H27N3O5S. The van der Waals surface area contributed by atoms with E-state index in [1.165, 1.54) is 16.4 Å². The summed E-state index contributed by atoms with van der Waals surface area (Å²) in [5, 5.41) is 21.3. The lowest BCUT2D eigenvalue weighted by atomic mass is 10.0. The minimum Gasteiger partial charge on any atom is -0.396 e. The SMILES string of the molecule is CN(c1ccc(S(=O)(=O)N2CCCCC2)cc1[N+](=O)[O-])[C@@H](CCO)c1ccccc1. The van der Waals surface area contributed by atoms with Crippen LogP contribution in [0.2, 0.25) is 0 Å². The van der Waals surface area contributed by atoms with Gasteiger partial charge >= 0.3 is 0 Å². The molecule has 0 bridgehead atoms. The minimum atomic E-state index is -3.77. The van der Waals surface area contributed by atoms with E-state index in [0.717, 1.165) is 30.9 Å². The van der Waals surface area contributed by atoms with Gasteiger partial charge in [-0.2, -0.15) is 4.31 Å². The first kappa shape index (κ1) is 22.2. The number of nitro groups is 1. The molecule has 0 aliphatic carbocycles. The number of piperidine rings is 1. The normalized spacial score (nSPS) is 16.2. The summed E-state index contributed by atoms with van der Waals surface area (Å²) < 4.78 is 27.3. The zero-order valence-electron chi connectivity index (χ0n) is 17.0. The van der Waals surface area contributed by atoms with Crippen molar-refractivity contribution in [3.8, 4) is 0 Å². The van der Waals surface area contributed by atoms with E-state index in [1.54, 1.807) is 11.9 Å². The minimum absolute atomic E-state index is 0.0633. The van der Waals surface area contributed by atoms with Gasteiger partial charge in [-0.15, -0.1) is 0 Å². The third-order valence-electron chi connectivity index (χ3n) is 5.53. The van der Waals surface area contributed by atoms with E-state index in [1.807, 2.05) is 30.3 Å². The summed E-state index contributed by atoms with van der Waals surface area (Å²) in [6, 6.07) is 13.2. The van der Waals surface area contributed by atoms with Crippen LogP contribution in [0, 0.1) is 10.1 Å². The second-order valence-electron chi connectivity index (χ2n) is 7.42. The molecule has 0 unspecified atom stereocenters. The number of aliphatic hydroxyl groups excluding tert-OH is 1. The van der Waals surface area contributed by atoms with E-state index in [-0.39, 0.29) is 23.2 Å². The number of hydrogen-bond donors (Lipinski definition) is 1. The molecule has 1 heterocycles. The van der Waals surface area contributed by atoms with Crippen molar-refractivity contribution in [1.82, 2.24) is 4.31 Å². The Bertz CT molecular complexity index is 975. The van der Waals surface area contributed by atoms with Crippen molar-refractivity contribution in [2.45, 2.75) is 36.6 Å². The highest BCUT2D eigenvalue weighted by Gasteiger charge is 2.30. The molecule has 0 aromatic heterocycles. The summed E-state index contributed by atoms with van der Waals surface area (Å²) in [4.78, 5) is 12.9. The fourth-order valence-corrected chi connectivity index (χ4v) is 5.45. The number of nitrogens with zero attached hydrogens (tertiary/aromatic N) is 3. The van der Waals surface area contributed by atoms with Crippen LogP contribution in [0.1, 0.15) is 37.3 Å². The molecule has 3 rings (SSSR count). The standard InChI is InChI=1S/C21H27N3O5S/c1-22(19(12-15-25)17-8-4-2-5-9-17)20-11-10-18(16-21(20)24(26)27)30(28,29)23-13-6-3-7-14-23/h2,4-5,8-11,16,19,25H,3,6-7,12-15H2,1H3/t19-/m0/s1. The molecule has 9 heteroatoms. The molecule has 1 aliphatic rings.